The van der Waals surface area contributed by atoms with Crippen molar-refractivity contribution in [3.63, 3.8) is 0 Å². The van der Waals surface area contributed by atoms with Crippen molar-refractivity contribution < 1.29 is 14.7 Å². The predicted octanol–water partition coefficient (Wildman–Crippen LogP) is 2.86. The number of carbonyl (C=O) groups excluding carboxylic acids is 1. The molecule has 2 N–H and O–H groups in total. The fourth-order valence-electron chi connectivity index (χ4n) is 1.53. The number of rotatable bonds is 7. The van der Waals surface area contributed by atoms with E-state index in [1.54, 1.807) is 30.1 Å². The quantitative estimate of drug-likeness (QED) is 0.762. The lowest BCUT2D eigenvalue weighted by Gasteiger charge is -2.21. The van der Waals surface area contributed by atoms with Crippen molar-refractivity contribution in [2.45, 2.75) is 19.0 Å². The second-order valence-electron chi connectivity index (χ2n) is 4.24. The summed E-state index contributed by atoms with van der Waals surface area (Å²) < 4.78 is 1.00. The SMILES string of the molecule is CSCCC(NC(=O)N(C)Cc1csc(Br)c1)C(=O)O. The topological polar surface area (TPSA) is 69.6 Å². The number of thioether (sulfide) groups is 1. The van der Waals surface area contributed by atoms with E-state index in [1.807, 2.05) is 17.7 Å². The number of carboxylic acids is 1. The average Bonchev–Trinajstić information content (AvgIpc) is 2.79. The summed E-state index contributed by atoms with van der Waals surface area (Å²) in [5.41, 5.74) is 1.01. The molecule has 0 saturated heterocycles. The molecule has 0 aliphatic rings. The Labute approximate surface area is 134 Å². The van der Waals surface area contributed by atoms with E-state index in [9.17, 15) is 9.59 Å². The Morgan fingerprint density at radius 2 is 2.30 bits per heavy atom. The molecule has 1 aromatic rings. The minimum absolute atomic E-state index is 0.374. The van der Waals surface area contributed by atoms with Crippen molar-refractivity contribution in [1.82, 2.24) is 10.2 Å². The van der Waals surface area contributed by atoms with E-state index in [2.05, 4.69) is 21.2 Å². The maximum atomic E-state index is 12.0. The highest BCUT2D eigenvalue weighted by molar-refractivity contribution is 9.11. The predicted molar refractivity (Wildman–Crippen MR) is 86.4 cm³/mol. The lowest BCUT2D eigenvalue weighted by atomic mass is 10.2. The molecule has 1 heterocycles. The first-order chi connectivity index (χ1) is 9.43. The summed E-state index contributed by atoms with van der Waals surface area (Å²) in [4.78, 5) is 24.5. The van der Waals surface area contributed by atoms with Gasteiger partial charge in [0, 0.05) is 13.6 Å². The summed E-state index contributed by atoms with van der Waals surface area (Å²) in [6.07, 6.45) is 2.32. The Balaban J connectivity index is 2.52. The molecule has 0 aliphatic carbocycles. The number of hydrogen-bond acceptors (Lipinski definition) is 4. The van der Waals surface area contributed by atoms with Crippen molar-refractivity contribution in [3.8, 4) is 0 Å². The molecule has 5 nitrogen and oxygen atoms in total. The van der Waals surface area contributed by atoms with Crippen LogP contribution >= 0.6 is 39.0 Å². The van der Waals surface area contributed by atoms with Crippen LogP contribution < -0.4 is 5.32 Å². The van der Waals surface area contributed by atoms with E-state index < -0.39 is 12.0 Å². The molecule has 0 bridgehead atoms. The Morgan fingerprint density at radius 1 is 1.60 bits per heavy atom. The van der Waals surface area contributed by atoms with Gasteiger partial charge in [-0.05, 0) is 51.4 Å². The largest absolute Gasteiger partial charge is 0.480 e. The van der Waals surface area contributed by atoms with Crippen LogP contribution in [0.3, 0.4) is 0 Å². The molecule has 1 aromatic heterocycles. The second-order valence-corrected chi connectivity index (χ2v) is 7.51. The molecule has 0 aromatic carbocycles. The van der Waals surface area contributed by atoms with Crippen molar-refractivity contribution in [1.29, 1.82) is 0 Å². The molecule has 20 heavy (non-hydrogen) atoms. The van der Waals surface area contributed by atoms with Gasteiger partial charge >= 0.3 is 12.0 Å². The normalized spacial score (nSPS) is 11.9. The first-order valence-electron chi connectivity index (χ1n) is 5.90. The third kappa shape index (κ3) is 5.72. The number of nitrogens with zero attached hydrogens (tertiary/aromatic N) is 1. The number of aliphatic carboxylic acids is 1. The molecule has 0 radical (unpaired) electrons. The molecule has 1 rings (SSSR count). The number of nitrogens with one attached hydrogen (secondary N) is 1. The van der Waals surface area contributed by atoms with Gasteiger partial charge in [0.15, 0.2) is 0 Å². The van der Waals surface area contributed by atoms with Crippen LogP contribution in [0.2, 0.25) is 0 Å². The van der Waals surface area contributed by atoms with Gasteiger partial charge < -0.3 is 15.3 Å². The molecule has 0 saturated carbocycles. The molecule has 0 spiro atoms. The summed E-state index contributed by atoms with van der Waals surface area (Å²) in [6, 6.07) is 0.726. The third-order valence-corrected chi connectivity index (χ3v) is 4.79. The summed E-state index contributed by atoms with van der Waals surface area (Å²) in [5.74, 6) is -0.308. The Morgan fingerprint density at radius 3 is 2.80 bits per heavy atom. The Kier molecular flexibility index (Phi) is 7.39. The van der Waals surface area contributed by atoms with Gasteiger partial charge in [-0.2, -0.15) is 11.8 Å². The standard InChI is InChI=1S/C12H17BrN2O3S2/c1-15(6-8-5-10(13)20-7-8)12(18)14-9(11(16)17)3-4-19-2/h5,7,9H,3-4,6H2,1-2H3,(H,14,18)(H,16,17). The van der Waals surface area contributed by atoms with Crippen molar-refractivity contribution in [2.75, 3.05) is 19.1 Å². The zero-order chi connectivity index (χ0) is 15.1. The number of halogens is 1. The number of carbonyl (C=O) groups is 2. The summed E-state index contributed by atoms with van der Waals surface area (Å²) >= 11 is 6.47. The minimum atomic E-state index is -1.00. The second kappa shape index (κ2) is 8.53. The number of urea groups is 1. The molecule has 2 amide bonds. The highest BCUT2D eigenvalue weighted by atomic mass is 79.9. The molecular weight excluding hydrogens is 364 g/mol. The van der Waals surface area contributed by atoms with Crippen LogP contribution in [-0.2, 0) is 11.3 Å². The van der Waals surface area contributed by atoms with Crippen LogP contribution in [0.4, 0.5) is 4.79 Å². The third-order valence-electron chi connectivity index (χ3n) is 2.59. The summed E-state index contributed by atoms with van der Waals surface area (Å²) in [5, 5.41) is 13.6. The number of thiophene rings is 1. The molecule has 1 unspecified atom stereocenters. The monoisotopic (exact) mass is 380 g/mol. The Hall–Kier alpha value is -0.730. The van der Waals surface area contributed by atoms with Crippen molar-refractivity contribution in [3.05, 3.63) is 20.8 Å². The van der Waals surface area contributed by atoms with Crippen LogP contribution in [0.1, 0.15) is 12.0 Å². The van der Waals surface area contributed by atoms with Crippen LogP contribution in [0.5, 0.6) is 0 Å². The highest BCUT2D eigenvalue weighted by Gasteiger charge is 2.21. The summed E-state index contributed by atoms with van der Waals surface area (Å²) in [6.45, 7) is 0.447. The highest BCUT2D eigenvalue weighted by Crippen LogP contribution is 2.21. The van der Waals surface area contributed by atoms with Gasteiger partial charge in [0.05, 0.1) is 3.79 Å². The van der Waals surface area contributed by atoms with Gasteiger partial charge in [0.1, 0.15) is 6.04 Å². The first-order valence-corrected chi connectivity index (χ1v) is 8.97. The van der Waals surface area contributed by atoms with Crippen LogP contribution in [0, 0.1) is 0 Å². The van der Waals surface area contributed by atoms with Gasteiger partial charge in [-0.15, -0.1) is 11.3 Å². The molecular formula is C12H17BrN2O3S2. The maximum Gasteiger partial charge on any atom is 0.326 e. The smallest absolute Gasteiger partial charge is 0.326 e. The van der Waals surface area contributed by atoms with E-state index >= 15 is 0 Å². The van der Waals surface area contributed by atoms with E-state index in [4.69, 9.17) is 5.11 Å². The zero-order valence-corrected chi connectivity index (χ0v) is 14.5. The van der Waals surface area contributed by atoms with E-state index in [1.165, 1.54) is 4.90 Å². The van der Waals surface area contributed by atoms with Gasteiger partial charge in [-0.1, -0.05) is 0 Å². The van der Waals surface area contributed by atoms with E-state index in [0.29, 0.717) is 18.7 Å². The van der Waals surface area contributed by atoms with E-state index in [0.717, 1.165) is 9.35 Å². The van der Waals surface area contributed by atoms with Crippen LogP contribution in [-0.4, -0.2) is 47.1 Å². The Bertz CT molecular complexity index is 467. The average molecular weight is 381 g/mol. The fraction of sp³-hybridized carbons (Fsp3) is 0.500. The molecule has 8 heteroatoms. The van der Waals surface area contributed by atoms with Crippen LogP contribution in [0.25, 0.3) is 0 Å². The van der Waals surface area contributed by atoms with Gasteiger partial charge in [-0.25, -0.2) is 9.59 Å². The van der Waals surface area contributed by atoms with Gasteiger partial charge in [0.25, 0.3) is 0 Å². The first kappa shape index (κ1) is 17.3. The molecule has 1 atom stereocenters. The summed E-state index contributed by atoms with van der Waals surface area (Å²) in [7, 11) is 1.65. The molecule has 0 fully saturated rings. The fourth-order valence-corrected chi connectivity index (χ4v) is 3.20. The van der Waals surface area contributed by atoms with Crippen LogP contribution in [0.15, 0.2) is 15.2 Å². The van der Waals surface area contributed by atoms with E-state index in [-0.39, 0.29) is 6.03 Å². The number of amides is 2. The van der Waals surface area contributed by atoms with Gasteiger partial charge in [0.2, 0.25) is 0 Å². The van der Waals surface area contributed by atoms with Crippen molar-refractivity contribution >= 4 is 51.0 Å². The molecule has 0 aliphatic heterocycles. The lowest BCUT2D eigenvalue weighted by molar-refractivity contribution is -0.139. The molecule has 112 valence electrons. The van der Waals surface area contributed by atoms with Crippen molar-refractivity contribution in [2.24, 2.45) is 0 Å². The lowest BCUT2D eigenvalue weighted by Crippen LogP contribution is -2.46. The van der Waals surface area contributed by atoms with Gasteiger partial charge in [-0.3, -0.25) is 0 Å². The minimum Gasteiger partial charge on any atom is -0.480 e. The number of carboxylic acid groups (broad SMARTS) is 1. The maximum absolute atomic E-state index is 12.0. The zero-order valence-electron chi connectivity index (χ0n) is 11.3. The number of hydrogen-bond donors (Lipinski definition) is 2.